The molecule has 0 aliphatic rings. The molecule has 3 nitrogen and oxygen atoms in total. The highest BCUT2D eigenvalue weighted by Gasteiger charge is 2.10. The average Bonchev–Trinajstić information content (AvgIpc) is 2.49. The minimum Gasteiger partial charge on any atom is -0.482 e. The number of carbonyl (C=O) groups is 1. The van der Waals surface area contributed by atoms with Crippen molar-refractivity contribution in [2.75, 3.05) is 11.9 Å². The van der Waals surface area contributed by atoms with Crippen LogP contribution in [0.4, 0.5) is 5.69 Å². The third-order valence-electron chi connectivity index (χ3n) is 2.95. The van der Waals surface area contributed by atoms with Gasteiger partial charge >= 0.3 is 0 Å². The van der Waals surface area contributed by atoms with Gasteiger partial charge < -0.3 is 10.1 Å². The van der Waals surface area contributed by atoms with Gasteiger partial charge in [0.05, 0.1) is 15.1 Å². The molecule has 0 aliphatic carbocycles. The van der Waals surface area contributed by atoms with Crippen molar-refractivity contribution in [1.29, 1.82) is 0 Å². The summed E-state index contributed by atoms with van der Waals surface area (Å²) in [4.78, 5) is 11.9. The Labute approximate surface area is 144 Å². The molecule has 0 bridgehead atoms. The van der Waals surface area contributed by atoms with E-state index in [1.807, 2.05) is 24.3 Å². The fourth-order valence-corrected chi connectivity index (χ4v) is 2.42. The molecule has 22 heavy (non-hydrogen) atoms. The molecule has 0 saturated carbocycles. The number of benzene rings is 2. The Balaban J connectivity index is 1.97. The molecule has 0 atom stereocenters. The van der Waals surface area contributed by atoms with Crippen molar-refractivity contribution in [1.82, 2.24) is 0 Å². The molecule has 1 N–H and O–H groups in total. The number of nitrogens with one attached hydrogen (secondary N) is 1. The van der Waals surface area contributed by atoms with Crippen LogP contribution in [-0.4, -0.2) is 12.5 Å². The molecule has 0 aliphatic heterocycles. The summed E-state index contributed by atoms with van der Waals surface area (Å²) in [5.74, 6) is 0.0314. The first kappa shape index (κ1) is 16.9. The molecule has 0 radical (unpaired) electrons. The molecule has 0 heterocycles. The van der Waals surface area contributed by atoms with Gasteiger partial charge in [-0.15, -0.1) is 0 Å². The van der Waals surface area contributed by atoms with Crippen molar-refractivity contribution in [3.05, 3.63) is 57.0 Å². The Hall–Kier alpha value is -1.42. The summed E-state index contributed by atoms with van der Waals surface area (Å²) in [5.41, 5.74) is 1.87. The molecule has 0 unspecified atom stereocenters. The highest BCUT2D eigenvalue weighted by molar-refractivity contribution is 6.43. The van der Waals surface area contributed by atoms with E-state index in [0.29, 0.717) is 20.8 Å². The van der Waals surface area contributed by atoms with E-state index in [9.17, 15) is 4.79 Å². The van der Waals surface area contributed by atoms with Gasteiger partial charge in [0.25, 0.3) is 5.91 Å². The molecule has 2 rings (SSSR count). The molecule has 2 aromatic carbocycles. The molecule has 116 valence electrons. The van der Waals surface area contributed by atoms with E-state index in [1.54, 1.807) is 0 Å². The monoisotopic (exact) mass is 357 g/mol. The predicted molar refractivity (Wildman–Crippen MR) is 91.4 cm³/mol. The second kappa shape index (κ2) is 7.73. The van der Waals surface area contributed by atoms with E-state index in [4.69, 9.17) is 39.5 Å². The summed E-state index contributed by atoms with van der Waals surface area (Å²) in [6, 6.07) is 10.6. The zero-order valence-corrected chi connectivity index (χ0v) is 14.1. The highest BCUT2D eigenvalue weighted by atomic mass is 35.5. The lowest BCUT2D eigenvalue weighted by Gasteiger charge is -2.10. The zero-order chi connectivity index (χ0) is 16.1. The summed E-state index contributed by atoms with van der Waals surface area (Å²) < 4.78 is 5.38. The van der Waals surface area contributed by atoms with Crippen LogP contribution >= 0.6 is 34.8 Å². The van der Waals surface area contributed by atoms with Crippen LogP contribution in [0.1, 0.15) is 12.5 Å². The van der Waals surface area contributed by atoms with E-state index < -0.39 is 0 Å². The van der Waals surface area contributed by atoms with Crippen molar-refractivity contribution >= 4 is 46.4 Å². The number of carbonyl (C=O) groups excluding carboxylic acids is 1. The first-order valence-corrected chi connectivity index (χ1v) is 7.79. The topological polar surface area (TPSA) is 38.3 Å². The van der Waals surface area contributed by atoms with Crippen molar-refractivity contribution < 1.29 is 9.53 Å². The maximum absolute atomic E-state index is 11.9. The first-order valence-electron chi connectivity index (χ1n) is 6.65. The predicted octanol–water partition coefficient (Wildman–Crippen LogP) is 5.23. The molecule has 2 aromatic rings. The number of ether oxygens (including phenoxy) is 1. The van der Waals surface area contributed by atoms with Gasteiger partial charge in [0.1, 0.15) is 5.75 Å². The van der Waals surface area contributed by atoms with Crippen LogP contribution < -0.4 is 10.1 Å². The largest absolute Gasteiger partial charge is 0.482 e. The SMILES string of the molecule is CCc1cccc(NC(=O)COc2cc(Cl)c(Cl)cc2Cl)c1. The van der Waals surface area contributed by atoms with Crippen LogP contribution in [0.2, 0.25) is 15.1 Å². The van der Waals surface area contributed by atoms with Crippen LogP contribution in [0.5, 0.6) is 5.75 Å². The lowest BCUT2D eigenvalue weighted by molar-refractivity contribution is -0.118. The van der Waals surface area contributed by atoms with Crippen LogP contribution in [0.25, 0.3) is 0 Å². The van der Waals surface area contributed by atoms with Crippen LogP contribution in [0.15, 0.2) is 36.4 Å². The van der Waals surface area contributed by atoms with Crippen LogP contribution in [0.3, 0.4) is 0 Å². The number of amides is 1. The summed E-state index contributed by atoms with van der Waals surface area (Å²) in [5, 5.41) is 3.72. The van der Waals surface area contributed by atoms with Crippen molar-refractivity contribution in [3.8, 4) is 5.75 Å². The Morgan fingerprint density at radius 1 is 1.09 bits per heavy atom. The fourth-order valence-electron chi connectivity index (χ4n) is 1.82. The molecular weight excluding hydrogens is 345 g/mol. The van der Waals surface area contributed by atoms with Gasteiger partial charge in [0.2, 0.25) is 0 Å². The number of hydrogen-bond donors (Lipinski definition) is 1. The highest BCUT2D eigenvalue weighted by Crippen LogP contribution is 2.33. The van der Waals surface area contributed by atoms with Gasteiger partial charge in [0, 0.05) is 11.8 Å². The van der Waals surface area contributed by atoms with Gasteiger partial charge in [-0.3, -0.25) is 4.79 Å². The van der Waals surface area contributed by atoms with E-state index >= 15 is 0 Å². The normalized spacial score (nSPS) is 10.4. The molecule has 0 spiro atoms. The van der Waals surface area contributed by atoms with E-state index in [0.717, 1.165) is 17.7 Å². The van der Waals surface area contributed by atoms with Gasteiger partial charge in [0.15, 0.2) is 6.61 Å². The Morgan fingerprint density at radius 2 is 1.82 bits per heavy atom. The third kappa shape index (κ3) is 4.54. The lowest BCUT2D eigenvalue weighted by Crippen LogP contribution is -2.20. The number of rotatable bonds is 5. The minimum absolute atomic E-state index is 0.173. The van der Waals surface area contributed by atoms with Crippen LogP contribution in [-0.2, 0) is 11.2 Å². The maximum atomic E-state index is 11.9. The molecular formula is C16H14Cl3NO2. The molecule has 6 heteroatoms. The second-order valence-electron chi connectivity index (χ2n) is 4.59. The van der Waals surface area contributed by atoms with Gasteiger partial charge in [-0.2, -0.15) is 0 Å². The quantitative estimate of drug-likeness (QED) is 0.743. The lowest BCUT2D eigenvalue weighted by atomic mass is 10.1. The Kier molecular flexibility index (Phi) is 5.95. The molecule has 0 saturated heterocycles. The summed E-state index contributed by atoms with van der Waals surface area (Å²) in [6.45, 7) is 1.88. The zero-order valence-electron chi connectivity index (χ0n) is 11.8. The molecule has 0 aromatic heterocycles. The smallest absolute Gasteiger partial charge is 0.262 e. The number of halogens is 3. The van der Waals surface area contributed by atoms with E-state index in [2.05, 4.69) is 12.2 Å². The summed E-state index contributed by atoms with van der Waals surface area (Å²) >= 11 is 17.7. The molecule has 1 amide bonds. The van der Waals surface area contributed by atoms with Crippen molar-refractivity contribution in [2.45, 2.75) is 13.3 Å². The fraction of sp³-hybridized carbons (Fsp3) is 0.188. The van der Waals surface area contributed by atoms with Crippen molar-refractivity contribution in [3.63, 3.8) is 0 Å². The second-order valence-corrected chi connectivity index (χ2v) is 5.81. The Morgan fingerprint density at radius 3 is 2.55 bits per heavy atom. The standard InChI is InChI=1S/C16H14Cl3NO2/c1-2-10-4-3-5-11(6-10)20-16(21)9-22-15-8-13(18)12(17)7-14(15)19/h3-8H,2,9H2,1H3,(H,20,21). The number of hydrogen-bond acceptors (Lipinski definition) is 2. The van der Waals surface area contributed by atoms with E-state index in [-0.39, 0.29) is 12.5 Å². The maximum Gasteiger partial charge on any atom is 0.262 e. The minimum atomic E-state index is -0.282. The molecule has 0 fully saturated rings. The van der Waals surface area contributed by atoms with Gasteiger partial charge in [-0.1, -0.05) is 53.9 Å². The van der Waals surface area contributed by atoms with Crippen LogP contribution in [0, 0.1) is 0 Å². The average molecular weight is 359 g/mol. The van der Waals surface area contributed by atoms with Gasteiger partial charge in [-0.25, -0.2) is 0 Å². The third-order valence-corrected chi connectivity index (χ3v) is 3.97. The number of anilines is 1. The number of aryl methyl sites for hydroxylation is 1. The summed E-state index contributed by atoms with van der Waals surface area (Å²) in [7, 11) is 0. The Bertz CT molecular complexity index is 689. The summed E-state index contributed by atoms with van der Waals surface area (Å²) in [6.07, 6.45) is 0.902. The first-order chi connectivity index (χ1) is 10.5. The van der Waals surface area contributed by atoms with Crippen molar-refractivity contribution in [2.24, 2.45) is 0 Å². The van der Waals surface area contributed by atoms with E-state index in [1.165, 1.54) is 12.1 Å². The van der Waals surface area contributed by atoms with Gasteiger partial charge in [-0.05, 0) is 30.2 Å².